The van der Waals surface area contributed by atoms with Gasteiger partial charge in [0.2, 0.25) is 0 Å². The second kappa shape index (κ2) is 8.56. The number of rotatable bonds is 4. The smallest absolute Gasteiger partial charge is 0.253 e. The van der Waals surface area contributed by atoms with Crippen molar-refractivity contribution in [2.24, 2.45) is 0 Å². The average molecular weight is 397 g/mol. The highest BCUT2D eigenvalue weighted by Crippen LogP contribution is 2.17. The molecule has 0 bridgehead atoms. The van der Waals surface area contributed by atoms with Gasteiger partial charge in [-0.1, -0.05) is 45.4 Å². The minimum atomic E-state index is -0.490. The third-order valence-electron chi connectivity index (χ3n) is 2.75. The van der Waals surface area contributed by atoms with Crippen LogP contribution >= 0.6 is 27.5 Å². The fourth-order valence-corrected chi connectivity index (χ4v) is 2.31. The van der Waals surface area contributed by atoms with E-state index in [-0.39, 0.29) is 23.7 Å². The minimum Gasteiger partial charge on any atom is -0.481 e. The van der Waals surface area contributed by atoms with Gasteiger partial charge in [-0.05, 0) is 36.4 Å². The Kier molecular flexibility index (Phi) is 6.45. The van der Waals surface area contributed by atoms with Crippen LogP contribution in [0.4, 0.5) is 4.39 Å². The fourth-order valence-electron chi connectivity index (χ4n) is 1.68. The maximum absolute atomic E-state index is 12.9. The standard InChI is InChI=1S/C17H12BrClFNO2/c18-12-4-3-5-14(10-12)23-9-2-1-8-21-17(22)15-7-6-13(20)11-16(15)19/h3-7,10-11H,8-9H2,(H,21,22). The summed E-state index contributed by atoms with van der Waals surface area (Å²) in [6, 6.07) is 11.0. The molecule has 0 aliphatic carbocycles. The Morgan fingerprint density at radius 3 is 2.83 bits per heavy atom. The zero-order valence-corrected chi connectivity index (χ0v) is 14.2. The Morgan fingerprint density at radius 2 is 2.09 bits per heavy atom. The van der Waals surface area contributed by atoms with E-state index in [0.717, 1.165) is 10.5 Å². The fraction of sp³-hybridized carbons (Fsp3) is 0.118. The van der Waals surface area contributed by atoms with Crippen LogP contribution in [0.3, 0.4) is 0 Å². The van der Waals surface area contributed by atoms with E-state index in [4.69, 9.17) is 16.3 Å². The lowest BCUT2D eigenvalue weighted by Crippen LogP contribution is -2.24. The molecule has 0 atom stereocenters. The molecule has 6 heteroatoms. The molecule has 0 aromatic heterocycles. The molecule has 0 radical (unpaired) electrons. The van der Waals surface area contributed by atoms with Crippen LogP contribution in [0.25, 0.3) is 0 Å². The predicted molar refractivity (Wildman–Crippen MR) is 91.2 cm³/mol. The van der Waals surface area contributed by atoms with Crippen LogP contribution in [0.2, 0.25) is 5.02 Å². The highest BCUT2D eigenvalue weighted by molar-refractivity contribution is 9.10. The zero-order valence-electron chi connectivity index (χ0n) is 11.9. The van der Waals surface area contributed by atoms with Crippen molar-refractivity contribution in [1.29, 1.82) is 0 Å². The van der Waals surface area contributed by atoms with Crippen molar-refractivity contribution in [3.8, 4) is 17.6 Å². The quantitative estimate of drug-likeness (QED) is 0.792. The third-order valence-corrected chi connectivity index (χ3v) is 3.55. The van der Waals surface area contributed by atoms with Gasteiger partial charge < -0.3 is 10.1 Å². The molecule has 23 heavy (non-hydrogen) atoms. The predicted octanol–water partition coefficient (Wildman–Crippen LogP) is 4.05. The van der Waals surface area contributed by atoms with Gasteiger partial charge in [-0.25, -0.2) is 4.39 Å². The summed E-state index contributed by atoms with van der Waals surface area (Å²) >= 11 is 9.15. The molecule has 1 amide bonds. The lowest BCUT2D eigenvalue weighted by atomic mass is 10.2. The van der Waals surface area contributed by atoms with Crippen LogP contribution in [0.15, 0.2) is 46.9 Å². The summed E-state index contributed by atoms with van der Waals surface area (Å²) in [5, 5.41) is 2.65. The molecule has 0 saturated carbocycles. The molecule has 118 valence electrons. The first-order chi connectivity index (χ1) is 11.1. The number of hydrogen-bond acceptors (Lipinski definition) is 2. The summed E-state index contributed by atoms with van der Waals surface area (Å²) < 4.78 is 19.3. The van der Waals surface area contributed by atoms with E-state index in [2.05, 4.69) is 33.1 Å². The van der Waals surface area contributed by atoms with Crippen molar-refractivity contribution in [3.63, 3.8) is 0 Å². The number of nitrogens with one attached hydrogen (secondary N) is 1. The summed E-state index contributed by atoms with van der Waals surface area (Å²) in [5.74, 6) is 5.36. The largest absolute Gasteiger partial charge is 0.481 e. The third kappa shape index (κ3) is 5.59. The van der Waals surface area contributed by atoms with Crippen molar-refractivity contribution in [2.75, 3.05) is 13.2 Å². The van der Waals surface area contributed by atoms with Crippen LogP contribution in [0.1, 0.15) is 10.4 Å². The first-order valence-electron chi connectivity index (χ1n) is 6.63. The van der Waals surface area contributed by atoms with Crippen molar-refractivity contribution in [1.82, 2.24) is 5.32 Å². The Morgan fingerprint density at radius 1 is 1.26 bits per heavy atom. The molecule has 0 aliphatic rings. The second-order valence-electron chi connectivity index (χ2n) is 4.41. The Labute approximate surface area is 146 Å². The summed E-state index contributed by atoms with van der Waals surface area (Å²) in [5.41, 5.74) is 0.209. The molecule has 0 heterocycles. The molecule has 0 spiro atoms. The van der Waals surface area contributed by atoms with E-state index in [1.807, 2.05) is 24.3 Å². The van der Waals surface area contributed by atoms with Crippen molar-refractivity contribution >= 4 is 33.4 Å². The molecule has 2 aromatic rings. The summed E-state index contributed by atoms with van der Waals surface area (Å²) in [7, 11) is 0. The van der Waals surface area contributed by atoms with Gasteiger partial charge in [-0.3, -0.25) is 4.79 Å². The van der Waals surface area contributed by atoms with E-state index < -0.39 is 11.7 Å². The molecule has 0 aliphatic heterocycles. The first kappa shape index (κ1) is 17.3. The number of carbonyl (C=O) groups is 1. The van der Waals surface area contributed by atoms with Crippen molar-refractivity contribution in [2.45, 2.75) is 0 Å². The molecule has 0 unspecified atom stereocenters. The number of carbonyl (C=O) groups excluding carboxylic acids is 1. The maximum Gasteiger partial charge on any atom is 0.253 e. The van der Waals surface area contributed by atoms with Crippen molar-refractivity contribution in [3.05, 3.63) is 63.3 Å². The Hall–Kier alpha value is -2.03. The highest BCUT2D eigenvalue weighted by Gasteiger charge is 2.09. The van der Waals surface area contributed by atoms with Gasteiger partial charge >= 0.3 is 0 Å². The maximum atomic E-state index is 12.9. The number of hydrogen-bond donors (Lipinski definition) is 1. The van der Waals surface area contributed by atoms with Gasteiger partial charge in [0.05, 0.1) is 17.1 Å². The van der Waals surface area contributed by atoms with E-state index in [9.17, 15) is 9.18 Å². The molecular formula is C17H12BrClFNO2. The summed E-state index contributed by atoms with van der Waals surface area (Å²) in [6.45, 7) is 0.359. The van der Waals surface area contributed by atoms with Crippen LogP contribution in [0, 0.1) is 17.7 Å². The SMILES string of the molecule is O=C(NCC#CCOc1cccc(Br)c1)c1ccc(F)cc1Cl. The van der Waals surface area contributed by atoms with Gasteiger partial charge in [0.15, 0.2) is 0 Å². The van der Waals surface area contributed by atoms with Gasteiger partial charge in [0.1, 0.15) is 18.2 Å². The lowest BCUT2D eigenvalue weighted by Gasteiger charge is -2.04. The summed E-state index contributed by atoms with van der Waals surface area (Å²) in [6.07, 6.45) is 0. The minimum absolute atomic E-state index is 0.0634. The number of amides is 1. The molecule has 0 saturated heterocycles. The van der Waals surface area contributed by atoms with Gasteiger partial charge in [-0.15, -0.1) is 0 Å². The molecule has 3 nitrogen and oxygen atoms in total. The molecular weight excluding hydrogens is 385 g/mol. The molecule has 2 rings (SSSR count). The number of ether oxygens (including phenoxy) is 1. The monoisotopic (exact) mass is 395 g/mol. The van der Waals surface area contributed by atoms with E-state index in [0.29, 0.717) is 5.75 Å². The van der Waals surface area contributed by atoms with E-state index in [1.165, 1.54) is 12.1 Å². The van der Waals surface area contributed by atoms with E-state index >= 15 is 0 Å². The normalized spacial score (nSPS) is 9.70. The van der Waals surface area contributed by atoms with Gasteiger partial charge in [0.25, 0.3) is 5.91 Å². The van der Waals surface area contributed by atoms with Crippen LogP contribution < -0.4 is 10.1 Å². The van der Waals surface area contributed by atoms with Crippen LogP contribution in [-0.4, -0.2) is 19.1 Å². The number of halogens is 3. The zero-order chi connectivity index (χ0) is 16.7. The first-order valence-corrected chi connectivity index (χ1v) is 7.80. The number of benzene rings is 2. The summed E-state index contributed by atoms with van der Waals surface area (Å²) in [4.78, 5) is 11.8. The lowest BCUT2D eigenvalue weighted by molar-refractivity contribution is 0.0959. The Bertz CT molecular complexity index is 771. The van der Waals surface area contributed by atoms with Crippen LogP contribution in [0.5, 0.6) is 5.75 Å². The molecule has 1 N–H and O–H groups in total. The Balaban J connectivity index is 1.78. The second-order valence-corrected chi connectivity index (χ2v) is 5.73. The van der Waals surface area contributed by atoms with Crippen LogP contribution in [-0.2, 0) is 0 Å². The molecule has 0 fully saturated rings. The van der Waals surface area contributed by atoms with Gasteiger partial charge in [0, 0.05) is 4.47 Å². The molecule has 2 aromatic carbocycles. The topological polar surface area (TPSA) is 38.3 Å². The van der Waals surface area contributed by atoms with Gasteiger partial charge in [-0.2, -0.15) is 0 Å². The van der Waals surface area contributed by atoms with Crippen molar-refractivity contribution < 1.29 is 13.9 Å². The highest BCUT2D eigenvalue weighted by atomic mass is 79.9. The van der Waals surface area contributed by atoms with E-state index in [1.54, 1.807) is 0 Å². The average Bonchev–Trinajstić information content (AvgIpc) is 2.50.